The van der Waals surface area contributed by atoms with Crippen LogP contribution < -0.4 is 20.3 Å². The first-order valence-corrected chi connectivity index (χ1v) is 13.5. The van der Waals surface area contributed by atoms with E-state index in [1.54, 1.807) is 12.4 Å². The van der Waals surface area contributed by atoms with Crippen LogP contribution in [0.2, 0.25) is 0 Å². The summed E-state index contributed by atoms with van der Waals surface area (Å²) in [4.78, 5) is 17.6. The van der Waals surface area contributed by atoms with E-state index in [0.717, 1.165) is 56.9 Å². The number of rotatable bonds is 7. The lowest BCUT2D eigenvalue weighted by molar-refractivity contribution is 0.131. The zero-order chi connectivity index (χ0) is 26.9. The summed E-state index contributed by atoms with van der Waals surface area (Å²) in [5.74, 6) is 1.12. The molecular formula is C27H33F2N7O3. The number of benzene rings is 1. The first-order chi connectivity index (χ1) is 18.9. The largest absolute Gasteiger partial charge is 0.487 e. The Morgan fingerprint density at radius 1 is 1.08 bits per heavy atom. The fourth-order valence-corrected chi connectivity index (χ4v) is 5.78. The van der Waals surface area contributed by atoms with Gasteiger partial charge in [0.15, 0.2) is 11.6 Å². The van der Waals surface area contributed by atoms with Crippen molar-refractivity contribution in [3.63, 3.8) is 0 Å². The lowest BCUT2D eigenvalue weighted by atomic mass is 9.92. The quantitative estimate of drug-likeness (QED) is 0.478. The highest BCUT2D eigenvalue weighted by Gasteiger charge is 2.35. The molecule has 3 saturated heterocycles. The second-order valence-corrected chi connectivity index (χ2v) is 10.7. The zero-order valence-electron chi connectivity index (χ0n) is 21.9. The second-order valence-electron chi connectivity index (χ2n) is 10.7. The van der Waals surface area contributed by atoms with Crippen molar-refractivity contribution in [2.24, 2.45) is 11.7 Å². The van der Waals surface area contributed by atoms with Crippen molar-refractivity contribution in [1.29, 1.82) is 0 Å². The highest BCUT2D eigenvalue weighted by atomic mass is 19.1. The summed E-state index contributed by atoms with van der Waals surface area (Å²) >= 11 is 0. The third-order valence-corrected chi connectivity index (χ3v) is 8.14. The molecule has 0 bridgehead atoms. The summed E-state index contributed by atoms with van der Waals surface area (Å²) < 4.78 is 45.2. The van der Waals surface area contributed by atoms with Gasteiger partial charge < -0.3 is 29.5 Å². The van der Waals surface area contributed by atoms with E-state index in [2.05, 4.69) is 31.9 Å². The first kappa shape index (κ1) is 25.9. The second kappa shape index (κ2) is 11.0. The highest BCUT2D eigenvalue weighted by molar-refractivity contribution is 5.39. The topological polar surface area (TPSA) is 116 Å². The van der Waals surface area contributed by atoms with Crippen LogP contribution in [0.4, 0.5) is 20.7 Å². The average Bonchev–Trinajstić information content (AvgIpc) is 3.72. The third-order valence-electron chi connectivity index (χ3n) is 8.14. The maximum Gasteiger partial charge on any atom is 0.324 e. The molecule has 3 aliphatic heterocycles. The Balaban J connectivity index is 1.01. The Hall–Kier alpha value is -3.38. The van der Waals surface area contributed by atoms with E-state index in [9.17, 15) is 8.78 Å². The van der Waals surface area contributed by atoms with E-state index in [4.69, 9.17) is 19.7 Å². The minimum Gasteiger partial charge on any atom is -0.487 e. The number of ether oxygens (including phenoxy) is 2. The van der Waals surface area contributed by atoms with Crippen LogP contribution >= 0.6 is 0 Å². The molecule has 0 amide bonds. The SMILES string of the molecule is C[C@H](Oc1cnc(N2C[C@H](c3cc(F)ccc3F)[C@@H](N)C2)nc1)C1CCN(c2nc([C@H]3CCOC3)no2)CC1. The summed E-state index contributed by atoms with van der Waals surface area (Å²) in [6.45, 7) is 5.96. The molecule has 6 rings (SSSR count). The van der Waals surface area contributed by atoms with E-state index in [-0.39, 0.29) is 29.5 Å². The fourth-order valence-electron chi connectivity index (χ4n) is 5.78. The number of hydrogen-bond donors (Lipinski definition) is 1. The van der Waals surface area contributed by atoms with Crippen molar-refractivity contribution in [2.45, 2.75) is 50.2 Å². The maximum absolute atomic E-state index is 14.3. The molecule has 3 aliphatic rings. The molecule has 0 unspecified atom stereocenters. The molecule has 208 valence electrons. The Morgan fingerprint density at radius 3 is 2.62 bits per heavy atom. The van der Waals surface area contributed by atoms with Gasteiger partial charge in [0.25, 0.3) is 0 Å². The molecule has 2 N–H and O–H groups in total. The molecule has 10 nitrogen and oxygen atoms in total. The molecule has 0 saturated carbocycles. The van der Waals surface area contributed by atoms with E-state index in [1.807, 2.05) is 4.90 Å². The molecule has 2 aromatic heterocycles. The van der Waals surface area contributed by atoms with Crippen LogP contribution in [0.3, 0.4) is 0 Å². The van der Waals surface area contributed by atoms with Crippen molar-refractivity contribution in [3.05, 3.63) is 53.6 Å². The highest BCUT2D eigenvalue weighted by Crippen LogP contribution is 2.32. The Labute approximate surface area is 225 Å². The van der Waals surface area contributed by atoms with Crippen molar-refractivity contribution in [2.75, 3.05) is 49.2 Å². The van der Waals surface area contributed by atoms with Crippen LogP contribution in [0, 0.1) is 17.6 Å². The van der Waals surface area contributed by atoms with Crippen LogP contribution in [0.25, 0.3) is 0 Å². The van der Waals surface area contributed by atoms with Crippen LogP contribution in [-0.2, 0) is 4.74 Å². The van der Waals surface area contributed by atoms with E-state index >= 15 is 0 Å². The Bertz CT molecular complexity index is 1260. The van der Waals surface area contributed by atoms with Gasteiger partial charge in [0, 0.05) is 50.7 Å². The average molecular weight is 542 g/mol. The fraction of sp³-hybridized carbons (Fsp3) is 0.556. The molecular weight excluding hydrogens is 508 g/mol. The predicted octanol–water partition coefficient (Wildman–Crippen LogP) is 3.26. The van der Waals surface area contributed by atoms with Gasteiger partial charge in [-0.2, -0.15) is 4.98 Å². The predicted molar refractivity (Wildman–Crippen MR) is 139 cm³/mol. The number of nitrogens with zero attached hydrogens (tertiary/aromatic N) is 6. The van der Waals surface area contributed by atoms with Crippen LogP contribution in [-0.4, -0.2) is 71.6 Å². The molecule has 5 heterocycles. The van der Waals surface area contributed by atoms with Gasteiger partial charge in [-0.3, -0.25) is 0 Å². The Morgan fingerprint density at radius 2 is 1.87 bits per heavy atom. The first-order valence-electron chi connectivity index (χ1n) is 13.5. The number of halogens is 2. The van der Waals surface area contributed by atoms with E-state index < -0.39 is 11.6 Å². The molecule has 39 heavy (non-hydrogen) atoms. The summed E-state index contributed by atoms with van der Waals surface area (Å²) in [6, 6.07) is 3.69. The van der Waals surface area contributed by atoms with Crippen LogP contribution in [0.1, 0.15) is 49.4 Å². The van der Waals surface area contributed by atoms with Gasteiger partial charge in [0.2, 0.25) is 5.95 Å². The molecule has 0 radical (unpaired) electrons. The number of piperidine rings is 1. The lowest BCUT2D eigenvalue weighted by Gasteiger charge is -2.33. The minimum atomic E-state index is -0.478. The van der Waals surface area contributed by atoms with Gasteiger partial charge in [0.1, 0.15) is 11.6 Å². The van der Waals surface area contributed by atoms with Gasteiger partial charge >= 0.3 is 6.01 Å². The van der Waals surface area contributed by atoms with E-state index in [0.29, 0.717) is 43.3 Å². The van der Waals surface area contributed by atoms with Crippen LogP contribution in [0.15, 0.2) is 35.1 Å². The van der Waals surface area contributed by atoms with Gasteiger partial charge in [-0.05, 0) is 55.9 Å². The van der Waals surface area contributed by atoms with Crippen molar-refractivity contribution >= 4 is 12.0 Å². The maximum atomic E-state index is 14.3. The lowest BCUT2D eigenvalue weighted by Crippen LogP contribution is -2.38. The summed E-state index contributed by atoms with van der Waals surface area (Å²) in [5, 5.41) is 4.16. The summed E-state index contributed by atoms with van der Waals surface area (Å²) in [5.41, 5.74) is 6.56. The van der Waals surface area contributed by atoms with Crippen molar-refractivity contribution < 1.29 is 22.8 Å². The molecule has 3 fully saturated rings. The third kappa shape index (κ3) is 5.53. The van der Waals surface area contributed by atoms with Gasteiger partial charge in [-0.25, -0.2) is 18.7 Å². The summed E-state index contributed by atoms with van der Waals surface area (Å²) in [7, 11) is 0. The Kier molecular flexibility index (Phi) is 7.30. The van der Waals surface area contributed by atoms with Gasteiger partial charge in [0.05, 0.1) is 25.1 Å². The zero-order valence-corrected chi connectivity index (χ0v) is 21.9. The molecule has 1 aromatic carbocycles. The number of aromatic nitrogens is 4. The number of hydrogen-bond acceptors (Lipinski definition) is 10. The van der Waals surface area contributed by atoms with Gasteiger partial charge in [-0.1, -0.05) is 5.16 Å². The minimum absolute atomic E-state index is 0.0176. The van der Waals surface area contributed by atoms with Crippen molar-refractivity contribution in [3.8, 4) is 5.75 Å². The standard InChI is InChI=1S/C27H33F2N7O3/c1-16(17-4-7-35(8-5-17)27-33-25(34-39-27)18-6-9-37-15-18)38-20-11-31-26(32-12-20)36-13-22(24(30)14-36)21-10-19(28)2-3-23(21)29/h2-3,10-12,16-18,22,24H,4-9,13-15,30H2,1H3/t16-,18-,22+,24-/m0/s1. The van der Waals surface area contributed by atoms with Crippen molar-refractivity contribution in [1.82, 2.24) is 20.1 Å². The number of nitrogens with two attached hydrogens (primary N) is 1. The van der Waals surface area contributed by atoms with E-state index in [1.165, 1.54) is 6.07 Å². The van der Waals surface area contributed by atoms with Gasteiger partial charge in [-0.15, -0.1) is 0 Å². The van der Waals surface area contributed by atoms with Crippen LogP contribution in [0.5, 0.6) is 5.75 Å². The molecule has 0 aliphatic carbocycles. The molecule has 3 aromatic rings. The smallest absolute Gasteiger partial charge is 0.324 e. The molecule has 12 heteroatoms. The number of anilines is 2. The summed E-state index contributed by atoms with van der Waals surface area (Å²) in [6.07, 6.45) is 6.10. The molecule has 0 spiro atoms. The molecule has 4 atom stereocenters. The monoisotopic (exact) mass is 541 g/mol. The normalized spacial score (nSPS) is 24.9.